The van der Waals surface area contributed by atoms with Gasteiger partial charge in [-0.1, -0.05) is 12.1 Å². The monoisotopic (exact) mass is 503 g/mol. The fourth-order valence-electron chi connectivity index (χ4n) is 3.81. The van der Waals surface area contributed by atoms with Crippen LogP contribution < -0.4 is 26.6 Å². The quantitative estimate of drug-likeness (QED) is 0.352. The van der Waals surface area contributed by atoms with Gasteiger partial charge in [0.15, 0.2) is 0 Å². The molecule has 2 aliphatic rings. The van der Waals surface area contributed by atoms with Crippen LogP contribution in [0.15, 0.2) is 82.8 Å². The Morgan fingerprint density at radius 1 is 0.611 bits per heavy atom. The van der Waals surface area contributed by atoms with Gasteiger partial charge < -0.3 is 26.6 Å². The summed E-state index contributed by atoms with van der Waals surface area (Å²) in [5.74, 6) is 1.53. The number of carbonyl (C=O) groups excluding carboxylic acids is 2. The van der Waals surface area contributed by atoms with Crippen LogP contribution in [-0.2, 0) is 0 Å². The molecule has 0 bridgehead atoms. The maximum Gasteiger partial charge on any atom is 0.323 e. The van der Waals surface area contributed by atoms with Crippen molar-refractivity contribution in [3.63, 3.8) is 0 Å². The van der Waals surface area contributed by atoms with Crippen molar-refractivity contribution in [1.29, 1.82) is 0 Å². The van der Waals surface area contributed by atoms with E-state index in [1.807, 2.05) is 36.4 Å². The highest BCUT2D eigenvalue weighted by Crippen LogP contribution is 2.17. The van der Waals surface area contributed by atoms with Gasteiger partial charge in [-0.3, -0.25) is 14.8 Å². The zero-order valence-corrected chi connectivity index (χ0v) is 20.2. The van der Waals surface area contributed by atoms with Crippen LogP contribution in [0.25, 0.3) is 0 Å². The molecular formula is C26H26ClN7O2. The van der Waals surface area contributed by atoms with E-state index in [1.165, 1.54) is 0 Å². The van der Waals surface area contributed by atoms with Crippen molar-refractivity contribution < 1.29 is 9.59 Å². The van der Waals surface area contributed by atoms with Crippen LogP contribution in [0.5, 0.6) is 0 Å². The molecule has 0 spiro atoms. The number of hydrogen-bond acceptors (Lipinski definition) is 6. The number of rotatable bonds is 6. The fraction of sp³-hybridized carbons (Fsp3) is 0.154. The first-order chi connectivity index (χ1) is 17.1. The average Bonchev–Trinajstić information content (AvgIpc) is 3.61. The Morgan fingerprint density at radius 3 is 1.47 bits per heavy atom. The standard InChI is InChI=1S/C26H25N7O2.ClH/c34-25(19-3-1-17(2-4-19)23-27-13-14-28-23)31-20-9-11-22(12-10-20)33-26(35)32-21-7-5-18(6-8-21)24-29-15-16-30-24;/h1-12H,13-16H2,(H,27,28)(H,29,30)(H,31,34)(H2,32,33,35);1H. The fourth-order valence-corrected chi connectivity index (χ4v) is 3.81. The van der Waals surface area contributed by atoms with Crippen molar-refractivity contribution >= 4 is 53.1 Å². The third kappa shape index (κ3) is 6.00. The van der Waals surface area contributed by atoms with Crippen molar-refractivity contribution in [1.82, 2.24) is 10.6 Å². The van der Waals surface area contributed by atoms with E-state index in [2.05, 4.69) is 36.6 Å². The Balaban J connectivity index is 0.00000304. The van der Waals surface area contributed by atoms with Crippen LogP contribution >= 0.6 is 12.4 Å². The lowest BCUT2D eigenvalue weighted by atomic mass is 10.1. The van der Waals surface area contributed by atoms with E-state index in [1.54, 1.807) is 36.4 Å². The molecular weight excluding hydrogens is 478 g/mol. The molecule has 3 amide bonds. The smallest absolute Gasteiger partial charge is 0.323 e. The first-order valence-electron chi connectivity index (χ1n) is 11.4. The van der Waals surface area contributed by atoms with Gasteiger partial charge in [-0.25, -0.2) is 4.79 Å². The second-order valence-corrected chi connectivity index (χ2v) is 8.08. The van der Waals surface area contributed by atoms with Crippen LogP contribution in [0.3, 0.4) is 0 Å². The molecule has 0 saturated carbocycles. The van der Waals surface area contributed by atoms with Crippen LogP contribution in [0.1, 0.15) is 21.5 Å². The highest BCUT2D eigenvalue weighted by Gasteiger charge is 2.11. The van der Waals surface area contributed by atoms with Crippen molar-refractivity contribution in [2.75, 3.05) is 42.1 Å². The number of nitrogens with zero attached hydrogens (tertiary/aromatic N) is 2. The molecule has 0 atom stereocenters. The summed E-state index contributed by atoms with van der Waals surface area (Å²) < 4.78 is 0. The summed E-state index contributed by atoms with van der Waals surface area (Å²) in [6, 6.07) is 21.4. The lowest BCUT2D eigenvalue weighted by Gasteiger charge is -2.10. The van der Waals surface area contributed by atoms with Gasteiger partial charge in [0.05, 0.1) is 13.1 Å². The second-order valence-electron chi connectivity index (χ2n) is 8.08. The summed E-state index contributed by atoms with van der Waals surface area (Å²) in [5.41, 5.74) is 4.42. The topological polar surface area (TPSA) is 119 Å². The molecule has 2 aliphatic heterocycles. The van der Waals surface area contributed by atoms with Gasteiger partial charge in [0, 0.05) is 46.8 Å². The maximum absolute atomic E-state index is 12.6. The lowest BCUT2D eigenvalue weighted by Crippen LogP contribution is -2.20. The molecule has 2 heterocycles. The van der Waals surface area contributed by atoms with Crippen molar-refractivity contribution in [2.24, 2.45) is 9.98 Å². The van der Waals surface area contributed by atoms with Crippen LogP contribution in [0, 0.1) is 0 Å². The van der Waals surface area contributed by atoms with Crippen molar-refractivity contribution in [3.05, 3.63) is 89.5 Å². The third-order valence-electron chi connectivity index (χ3n) is 5.59. The summed E-state index contributed by atoms with van der Waals surface area (Å²) in [5, 5.41) is 14.9. The van der Waals surface area contributed by atoms with Gasteiger partial charge >= 0.3 is 6.03 Å². The molecule has 3 aromatic rings. The van der Waals surface area contributed by atoms with Crippen LogP contribution in [-0.4, -0.2) is 49.8 Å². The van der Waals surface area contributed by atoms with Gasteiger partial charge in [0.1, 0.15) is 11.7 Å². The van der Waals surface area contributed by atoms with Crippen molar-refractivity contribution in [2.45, 2.75) is 0 Å². The molecule has 184 valence electrons. The average molecular weight is 504 g/mol. The summed E-state index contributed by atoms with van der Waals surface area (Å²) in [7, 11) is 0. The largest absolute Gasteiger partial charge is 0.368 e. The number of urea groups is 1. The number of amides is 3. The van der Waals surface area contributed by atoms with Gasteiger partial charge in [-0.15, -0.1) is 12.4 Å². The molecule has 0 saturated heterocycles. The Morgan fingerprint density at radius 2 is 1.03 bits per heavy atom. The van der Waals surface area contributed by atoms with E-state index in [4.69, 9.17) is 0 Å². The number of anilines is 3. The SMILES string of the molecule is Cl.O=C(Nc1ccc(NC(=O)c2ccc(C3=NCCN3)cc2)cc1)Nc1ccc(C2=NCCN2)cc1. The minimum Gasteiger partial charge on any atom is -0.368 e. The van der Waals surface area contributed by atoms with Crippen LogP contribution in [0.2, 0.25) is 0 Å². The normalized spacial score (nSPS) is 13.9. The minimum atomic E-state index is -0.354. The molecule has 0 fully saturated rings. The van der Waals surface area contributed by atoms with Crippen LogP contribution in [0.4, 0.5) is 21.9 Å². The molecule has 5 rings (SSSR count). The van der Waals surface area contributed by atoms with E-state index in [0.717, 1.165) is 49.0 Å². The van der Waals surface area contributed by atoms with E-state index in [9.17, 15) is 9.59 Å². The molecule has 0 unspecified atom stereocenters. The highest BCUT2D eigenvalue weighted by molar-refractivity contribution is 6.06. The summed E-state index contributed by atoms with van der Waals surface area (Å²) in [6.07, 6.45) is 0. The molecule has 0 aliphatic carbocycles. The molecule has 0 aromatic heterocycles. The summed E-state index contributed by atoms with van der Waals surface area (Å²) >= 11 is 0. The van der Waals surface area contributed by atoms with Gasteiger partial charge in [0.2, 0.25) is 0 Å². The molecule has 0 radical (unpaired) electrons. The Labute approximate surface area is 214 Å². The summed E-state index contributed by atoms with van der Waals surface area (Å²) in [6.45, 7) is 3.24. The van der Waals surface area contributed by atoms with Gasteiger partial charge in [-0.2, -0.15) is 0 Å². The van der Waals surface area contributed by atoms with E-state index >= 15 is 0 Å². The zero-order chi connectivity index (χ0) is 24.0. The Bertz CT molecular complexity index is 1290. The Hall–Kier alpha value is -4.37. The zero-order valence-electron chi connectivity index (χ0n) is 19.4. The first kappa shape index (κ1) is 24.7. The first-order valence-corrected chi connectivity index (χ1v) is 11.4. The Kier molecular flexibility index (Phi) is 7.82. The number of amidine groups is 2. The predicted octanol–water partition coefficient (Wildman–Crippen LogP) is 3.70. The van der Waals surface area contributed by atoms with E-state index in [-0.39, 0.29) is 24.3 Å². The molecule has 36 heavy (non-hydrogen) atoms. The van der Waals surface area contributed by atoms with Crippen molar-refractivity contribution in [3.8, 4) is 0 Å². The van der Waals surface area contributed by atoms with E-state index in [0.29, 0.717) is 22.6 Å². The lowest BCUT2D eigenvalue weighted by molar-refractivity contribution is 0.102. The third-order valence-corrected chi connectivity index (χ3v) is 5.59. The number of carbonyl (C=O) groups is 2. The highest BCUT2D eigenvalue weighted by atomic mass is 35.5. The van der Waals surface area contributed by atoms with Gasteiger partial charge in [-0.05, 0) is 60.7 Å². The molecule has 3 aromatic carbocycles. The number of hydrogen-bond donors (Lipinski definition) is 5. The number of halogens is 1. The van der Waals surface area contributed by atoms with Gasteiger partial charge in [0.25, 0.3) is 5.91 Å². The second kappa shape index (κ2) is 11.4. The molecule has 5 N–H and O–H groups in total. The van der Waals surface area contributed by atoms with E-state index < -0.39 is 0 Å². The molecule has 10 heteroatoms. The minimum absolute atomic E-state index is 0. The number of nitrogens with one attached hydrogen (secondary N) is 5. The number of aliphatic imine (C=N–C) groups is 2. The molecule has 9 nitrogen and oxygen atoms in total. The number of benzene rings is 3. The summed E-state index contributed by atoms with van der Waals surface area (Å²) in [4.78, 5) is 33.7. The predicted molar refractivity (Wildman–Crippen MR) is 146 cm³/mol. The maximum atomic E-state index is 12.6.